The van der Waals surface area contributed by atoms with Gasteiger partial charge in [-0.25, -0.2) is 9.59 Å². The lowest BCUT2D eigenvalue weighted by Gasteiger charge is -2.15. The zero-order valence-electron chi connectivity index (χ0n) is 10.1. The molecule has 0 bridgehead atoms. The lowest BCUT2D eigenvalue weighted by Crippen LogP contribution is -2.22. The highest BCUT2D eigenvalue weighted by Crippen LogP contribution is 2.23. The molecular formula is C11H16O6. The maximum absolute atomic E-state index is 11.4. The van der Waals surface area contributed by atoms with Gasteiger partial charge in [0.05, 0.1) is 13.2 Å². The highest BCUT2D eigenvalue weighted by Gasteiger charge is 2.33. The Morgan fingerprint density at radius 2 is 2.18 bits per heavy atom. The van der Waals surface area contributed by atoms with Gasteiger partial charge in [0.15, 0.2) is 5.79 Å². The summed E-state index contributed by atoms with van der Waals surface area (Å²) in [6, 6.07) is 0. The number of rotatable bonds is 4. The summed E-state index contributed by atoms with van der Waals surface area (Å²) >= 11 is 0. The maximum Gasteiger partial charge on any atom is 0.345 e. The molecule has 6 nitrogen and oxygen atoms in total. The largest absolute Gasteiger partial charge is 0.477 e. The van der Waals surface area contributed by atoms with Gasteiger partial charge in [-0.05, 0) is 26.8 Å². The molecule has 1 aliphatic rings. The molecule has 1 saturated heterocycles. The van der Waals surface area contributed by atoms with Crippen molar-refractivity contribution in [1.29, 1.82) is 0 Å². The fourth-order valence-electron chi connectivity index (χ4n) is 1.42. The highest BCUT2D eigenvalue weighted by atomic mass is 16.7. The van der Waals surface area contributed by atoms with Gasteiger partial charge in [0.25, 0.3) is 0 Å². The molecule has 1 fully saturated rings. The average Bonchev–Trinajstić information content (AvgIpc) is 2.54. The monoisotopic (exact) mass is 244 g/mol. The van der Waals surface area contributed by atoms with Gasteiger partial charge in [-0.1, -0.05) is 0 Å². The SMILES string of the molecule is CCOC(=O)C(=CC1COC(C)(C)O1)C(=O)O. The van der Waals surface area contributed by atoms with Crippen LogP contribution in [0.3, 0.4) is 0 Å². The van der Waals surface area contributed by atoms with Crippen LogP contribution in [-0.4, -0.2) is 42.1 Å². The Hall–Kier alpha value is -1.40. The molecule has 6 heteroatoms. The third-order valence-electron chi connectivity index (χ3n) is 2.11. The molecule has 0 saturated carbocycles. The van der Waals surface area contributed by atoms with E-state index >= 15 is 0 Å². The van der Waals surface area contributed by atoms with Crippen LogP contribution in [0.1, 0.15) is 20.8 Å². The summed E-state index contributed by atoms with van der Waals surface area (Å²) in [5.41, 5.74) is -0.432. The zero-order valence-corrected chi connectivity index (χ0v) is 10.1. The van der Waals surface area contributed by atoms with Gasteiger partial charge in [0.1, 0.15) is 11.7 Å². The minimum Gasteiger partial charge on any atom is -0.477 e. The molecule has 1 rings (SSSR count). The molecule has 0 amide bonds. The van der Waals surface area contributed by atoms with Crippen molar-refractivity contribution in [3.8, 4) is 0 Å². The number of hydrogen-bond acceptors (Lipinski definition) is 5. The third-order valence-corrected chi connectivity index (χ3v) is 2.11. The fraction of sp³-hybridized carbons (Fsp3) is 0.636. The Kier molecular flexibility index (Phi) is 4.25. The van der Waals surface area contributed by atoms with E-state index in [1.165, 1.54) is 6.08 Å². The number of carboxylic acid groups (broad SMARTS) is 1. The third kappa shape index (κ3) is 3.83. The summed E-state index contributed by atoms with van der Waals surface area (Å²) < 4.78 is 15.3. The molecule has 0 radical (unpaired) electrons. The van der Waals surface area contributed by atoms with Crippen LogP contribution in [0.15, 0.2) is 11.6 Å². The Morgan fingerprint density at radius 1 is 1.53 bits per heavy atom. The second-order valence-corrected chi connectivity index (χ2v) is 3.97. The van der Waals surface area contributed by atoms with Gasteiger partial charge in [-0.15, -0.1) is 0 Å². The first-order valence-corrected chi connectivity index (χ1v) is 5.29. The number of ether oxygens (including phenoxy) is 3. The smallest absolute Gasteiger partial charge is 0.345 e. The van der Waals surface area contributed by atoms with E-state index in [2.05, 4.69) is 4.74 Å². The first kappa shape index (κ1) is 13.7. The number of hydrogen-bond donors (Lipinski definition) is 1. The topological polar surface area (TPSA) is 82.1 Å². The molecule has 1 heterocycles. The summed E-state index contributed by atoms with van der Waals surface area (Å²) in [6.07, 6.45) is 0.662. The van der Waals surface area contributed by atoms with Crippen LogP contribution < -0.4 is 0 Å². The molecule has 0 aromatic rings. The van der Waals surface area contributed by atoms with Gasteiger partial charge in [-0.3, -0.25) is 0 Å². The number of aliphatic carboxylic acids is 1. The lowest BCUT2D eigenvalue weighted by atomic mass is 10.2. The molecule has 0 aromatic heterocycles. The van der Waals surface area contributed by atoms with E-state index < -0.39 is 29.4 Å². The maximum atomic E-state index is 11.4. The van der Waals surface area contributed by atoms with Crippen molar-refractivity contribution in [2.45, 2.75) is 32.7 Å². The van der Waals surface area contributed by atoms with E-state index in [1.54, 1.807) is 20.8 Å². The van der Waals surface area contributed by atoms with Crippen LogP contribution in [0.5, 0.6) is 0 Å². The predicted octanol–water partition coefficient (Wildman–Crippen LogP) is 0.712. The molecule has 0 aromatic carbocycles. The molecule has 0 spiro atoms. The van der Waals surface area contributed by atoms with E-state index in [1.807, 2.05) is 0 Å². The summed E-state index contributed by atoms with van der Waals surface area (Å²) in [6.45, 7) is 5.37. The van der Waals surface area contributed by atoms with Crippen molar-refractivity contribution < 1.29 is 28.9 Å². The summed E-state index contributed by atoms with van der Waals surface area (Å²) in [5.74, 6) is -2.97. The van der Waals surface area contributed by atoms with Crippen LogP contribution >= 0.6 is 0 Å². The van der Waals surface area contributed by atoms with Crippen molar-refractivity contribution in [2.75, 3.05) is 13.2 Å². The van der Waals surface area contributed by atoms with E-state index in [9.17, 15) is 9.59 Å². The van der Waals surface area contributed by atoms with Crippen molar-refractivity contribution in [2.24, 2.45) is 0 Å². The average molecular weight is 244 g/mol. The first-order chi connectivity index (χ1) is 7.85. The van der Waals surface area contributed by atoms with Gasteiger partial charge in [0.2, 0.25) is 0 Å². The van der Waals surface area contributed by atoms with Crippen molar-refractivity contribution in [3.05, 3.63) is 11.6 Å². The highest BCUT2D eigenvalue weighted by molar-refractivity contribution is 6.13. The summed E-state index contributed by atoms with van der Waals surface area (Å²) in [4.78, 5) is 22.3. The second kappa shape index (κ2) is 5.29. The standard InChI is InChI=1S/C11H16O6/c1-4-15-10(14)8(9(12)13)5-7-6-16-11(2,3)17-7/h5,7H,4,6H2,1-3H3,(H,12,13). The van der Waals surface area contributed by atoms with E-state index in [0.717, 1.165) is 0 Å². The normalized spacial score (nSPS) is 23.5. The zero-order chi connectivity index (χ0) is 13.1. The Labute approximate surface area is 99.2 Å². The van der Waals surface area contributed by atoms with E-state index in [-0.39, 0.29) is 13.2 Å². The molecule has 1 atom stereocenters. The molecule has 1 N–H and O–H groups in total. The van der Waals surface area contributed by atoms with Gasteiger partial charge < -0.3 is 19.3 Å². The molecule has 96 valence electrons. The predicted molar refractivity (Wildman–Crippen MR) is 57.3 cm³/mol. The van der Waals surface area contributed by atoms with Crippen LogP contribution in [0.25, 0.3) is 0 Å². The van der Waals surface area contributed by atoms with Crippen LogP contribution in [0.2, 0.25) is 0 Å². The Balaban J connectivity index is 2.78. The molecule has 1 unspecified atom stereocenters. The van der Waals surface area contributed by atoms with Crippen LogP contribution in [-0.2, 0) is 23.8 Å². The van der Waals surface area contributed by atoms with Gasteiger partial charge >= 0.3 is 11.9 Å². The van der Waals surface area contributed by atoms with Gasteiger partial charge in [-0.2, -0.15) is 0 Å². The number of carbonyl (C=O) groups is 2. The lowest BCUT2D eigenvalue weighted by molar-refractivity contribution is -0.145. The fourth-order valence-corrected chi connectivity index (χ4v) is 1.42. The summed E-state index contributed by atoms with van der Waals surface area (Å²) in [5, 5.41) is 8.90. The Bertz CT molecular complexity index is 344. The summed E-state index contributed by atoms with van der Waals surface area (Å²) in [7, 11) is 0. The van der Waals surface area contributed by atoms with Gasteiger partial charge in [0, 0.05) is 0 Å². The Morgan fingerprint density at radius 3 is 2.59 bits per heavy atom. The number of carboxylic acids is 1. The minimum atomic E-state index is -1.34. The molecule has 1 aliphatic heterocycles. The molecule has 17 heavy (non-hydrogen) atoms. The quantitative estimate of drug-likeness (QED) is 0.339. The number of carbonyl (C=O) groups excluding carboxylic acids is 1. The van der Waals surface area contributed by atoms with Crippen LogP contribution in [0.4, 0.5) is 0 Å². The van der Waals surface area contributed by atoms with E-state index in [4.69, 9.17) is 14.6 Å². The first-order valence-electron chi connectivity index (χ1n) is 5.29. The van der Waals surface area contributed by atoms with Crippen molar-refractivity contribution in [1.82, 2.24) is 0 Å². The second-order valence-electron chi connectivity index (χ2n) is 3.97. The molecule has 0 aliphatic carbocycles. The van der Waals surface area contributed by atoms with Crippen LogP contribution in [0, 0.1) is 0 Å². The number of esters is 1. The molecular weight excluding hydrogens is 228 g/mol. The minimum absolute atomic E-state index is 0.122. The van der Waals surface area contributed by atoms with Crippen molar-refractivity contribution in [3.63, 3.8) is 0 Å². The van der Waals surface area contributed by atoms with E-state index in [0.29, 0.717) is 0 Å². The van der Waals surface area contributed by atoms with Crippen molar-refractivity contribution >= 4 is 11.9 Å².